The fourth-order valence-electron chi connectivity index (χ4n) is 3.16. The number of rotatable bonds is 8. The van der Waals surface area contributed by atoms with E-state index in [-0.39, 0.29) is 16.7 Å². The number of nitrogens with one attached hydrogen (secondary N) is 3. The second-order valence-electron chi connectivity index (χ2n) is 8.19. The van der Waals surface area contributed by atoms with Gasteiger partial charge >= 0.3 is 0 Å². The molecule has 0 heterocycles. The third-order valence-electron chi connectivity index (χ3n) is 5.06. The monoisotopic (exact) mass is 543 g/mol. The van der Waals surface area contributed by atoms with Gasteiger partial charge in [0.25, 0.3) is 15.9 Å². The van der Waals surface area contributed by atoms with Crippen LogP contribution < -0.4 is 15.4 Å². The van der Waals surface area contributed by atoms with Gasteiger partial charge in [-0.15, -0.1) is 0 Å². The molecule has 0 spiro atoms. The van der Waals surface area contributed by atoms with E-state index in [0.29, 0.717) is 16.9 Å². The second kappa shape index (κ2) is 10.8. The van der Waals surface area contributed by atoms with E-state index < -0.39 is 22.0 Å². The molecule has 0 aliphatic heterocycles. The van der Waals surface area contributed by atoms with Crippen LogP contribution in [0.2, 0.25) is 0 Å². The number of hydrogen-bond acceptors (Lipinski definition) is 4. The van der Waals surface area contributed by atoms with Gasteiger partial charge in [0.2, 0.25) is 5.91 Å². The lowest BCUT2D eigenvalue weighted by molar-refractivity contribution is -0.118. The summed E-state index contributed by atoms with van der Waals surface area (Å²) in [5.74, 6) is -0.991. The van der Waals surface area contributed by atoms with Crippen LogP contribution in [-0.4, -0.2) is 26.3 Å². The van der Waals surface area contributed by atoms with Gasteiger partial charge in [0.15, 0.2) is 0 Å². The van der Waals surface area contributed by atoms with Crippen molar-refractivity contribution in [3.8, 4) is 0 Å². The number of sulfonamides is 1. The zero-order valence-electron chi connectivity index (χ0n) is 19.0. The maximum atomic E-state index is 13.0. The van der Waals surface area contributed by atoms with Crippen LogP contribution in [0.25, 0.3) is 0 Å². The molecule has 0 aliphatic rings. The van der Waals surface area contributed by atoms with Crippen LogP contribution in [0, 0.1) is 12.8 Å². The predicted octanol–water partition coefficient (Wildman–Crippen LogP) is 4.95. The van der Waals surface area contributed by atoms with Crippen LogP contribution >= 0.6 is 15.9 Å². The molecule has 0 unspecified atom stereocenters. The van der Waals surface area contributed by atoms with Gasteiger partial charge in [0, 0.05) is 21.4 Å². The molecule has 0 aliphatic carbocycles. The van der Waals surface area contributed by atoms with Crippen molar-refractivity contribution in [2.75, 3.05) is 10.0 Å². The molecule has 9 heteroatoms. The highest BCUT2D eigenvalue weighted by Crippen LogP contribution is 2.21. The third-order valence-corrected chi connectivity index (χ3v) is 6.97. The number of hydrogen-bond donors (Lipinski definition) is 3. The number of halogens is 1. The first kappa shape index (κ1) is 25.5. The minimum absolute atomic E-state index is 0.00185. The van der Waals surface area contributed by atoms with E-state index in [2.05, 4.69) is 31.3 Å². The summed E-state index contributed by atoms with van der Waals surface area (Å²) in [5, 5.41) is 5.49. The van der Waals surface area contributed by atoms with Gasteiger partial charge in [-0.25, -0.2) is 8.42 Å². The molecule has 0 radical (unpaired) electrons. The van der Waals surface area contributed by atoms with Gasteiger partial charge in [-0.05, 0) is 67.4 Å². The summed E-state index contributed by atoms with van der Waals surface area (Å²) in [6.07, 6.45) is 0. The Balaban J connectivity index is 1.73. The summed E-state index contributed by atoms with van der Waals surface area (Å²) in [7, 11) is -3.87. The molecule has 3 aromatic rings. The van der Waals surface area contributed by atoms with Crippen molar-refractivity contribution in [1.82, 2.24) is 5.32 Å². The molecule has 0 saturated heterocycles. The Morgan fingerprint density at radius 1 is 0.882 bits per heavy atom. The van der Waals surface area contributed by atoms with E-state index >= 15 is 0 Å². The quantitative estimate of drug-likeness (QED) is 0.373. The lowest BCUT2D eigenvalue weighted by Crippen LogP contribution is -2.47. The van der Waals surface area contributed by atoms with E-state index in [9.17, 15) is 18.0 Å². The molecule has 34 heavy (non-hydrogen) atoms. The van der Waals surface area contributed by atoms with Crippen molar-refractivity contribution in [1.29, 1.82) is 0 Å². The zero-order valence-corrected chi connectivity index (χ0v) is 21.4. The highest BCUT2D eigenvalue weighted by molar-refractivity contribution is 9.10. The topological polar surface area (TPSA) is 104 Å². The number of amides is 2. The van der Waals surface area contributed by atoms with Crippen molar-refractivity contribution in [3.63, 3.8) is 0 Å². The van der Waals surface area contributed by atoms with E-state index in [0.717, 1.165) is 10.0 Å². The smallest absolute Gasteiger partial charge is 0.261 e. The van der Waals surface area contributed by atoms with E-state index in [1.807, 2.05) is 32.9 Å². The predicted molar refractivity (Wildman–Crippen MR) is 137 cm³/mol. The standard InChI is InChI=1S/C25H26BrN3O4S/c1-16(2)23(28-24(30)18-9-7-17(3)8-10-18)25(31)27-21-5-4-6-22(15-21)34(32,33)29-20-13-11-19(26)12-14-20/h4-16,23,29H,1-3H3,(H,27,31)(H,28,30)/t23-/m1/s1. The molecule has 3 N–H and O–H groups in total. The average molecular weight is 544 g/mol. The Morgan fingerprint density at radius 2 is 1.53 bits per heavy atom. The summed E-state index contributed by atoms with van der Waals surface area (Å²) >= 11 is 3.31. The lowest BCUT2D eigenvalue weighted by atomic mass is 10.0. The van der Waals surface area contributed by atoms with Crippen LogP contribution in [0.1, 0.15) is 29.8 Å². The Bertz CT molecular complexity index is 1270. The van der Waals surface area contributed by atoms with Gasteiger partial charge in [-0.1, -0.05) is 53.5 Å². The number of benzene rings is 3. The van der Waals surface area contributed by atoms with E-state index in [1.54, 1.807) is 48.5 Å². The Kier molecular flexibility index (Phi) is 8.11. The molecule has 178 valence electrons. The maximum absolute atomic E-state index is 13.0. The maximum Gasteiger partial charge on any atom is 0.261 e. The van der Waals surface area contributed by atoms with Gasteiger partial charge in [0.1, 0.15) is 6.04 Å². The summed E-state index contributed by atoms with van der Waals surface area (Å²) in [5.41, 5.74) is 2.20. The first-order valence-electron chi connectivity index (χ1n) is 10.6. The first-order valence-corrected chi connectivity index (χ1v) is 12.9. The van der Waals surface area contributed by atoms with E-state index in [4.69, 9.17) is 0 Å². The Hall–Kier alpha value is -3.17. The molecule has 7 nitrogen and oxygen atoms in total. The summed E-state index contributed by atoms with van der Waals surface area (Å²) in [4.78, 5) is 25.6. The summed E-state index contributed by atoms with van der Waals surface area (Å²) in [6.45, 7) is 5.57. The van der Waals surface area contributed by atoms with Crippen molar-refractivity contribution < 1.29 is 18.0 Å². The minimum Gasteiger partial charge on any atom is -0.340 e. The third kappa shape index (κ3) is 6.68. The molecular formula is C25H26BrN3O4S. The van der Waals surface area contributed by atoms with Crippen molar-refractivity contribution in [2.24, 2.45) is 5.92 Å². The number of anilines is 2. The minimum atomic E-state index is -3.87. The second-order valence-corrected chi connectivity index (χ2v) is 10.8. The fraction of sp³-hybridized carbons (Fsp3) is 0.200. The number of aryl methyl sites for hydroxylation is 1. The molecule has 3 aromatic carbocycles. The van der Waals surface area contributed by atoms with Gasteiger partial charge in [-0.2, -0.15) is 0 Å². The average Bonchev–Trinajstić information content (AvgIpc) is 2.79. The van der Waals surface area contributed by atoms with Crippen LogP contribution in [0.15, 0.2) is 82.2 Å². The molecule has 0 aromatic heterocycles. The van der Waals surface area contributed by atoms with Crippen molar-refractivity contribution >= 4 is 49.1 Å². The lowest BCUT2D eigenvalue weighted by Gasteiger charge is -2.22. The van der Waals surface area contributed by atoms with Crippen molar-refractivity contribution in [3.05, 3.63) is 88.4 Å². The van der Waals surface area contributed by atoms with Crippen LogP contribution in [0.3, 0.4) is 0 Å². The van der Waals surface area contributed by atoms with Crippen LogP contribution in [0.5, 0.6) is 0 Å². The number of carbonyl (C=O) groups excluding carboxylic acids is 2. The van der Waals surface area contributed by atoms with Crippen LogP contribution in [-0.2, 0) is 14.8 Å². The highest BCUT2D eigenvalue weighted by atomic mass is 79.9. The normalized spacial score (nSPS) is 12.1. The summed E-state index contributed by atoms with van der Waals surface area (Å²) < 4.78 is 28.9. The molecule has 3 rings (SSSR count). The molecule has 0 fully saturated rings. The fourth-order valence-corrected chi connectivity index (χ4v) is 4.53. The van der Waals surface area contributed by atoms with Crippen LogP contribution in [0.4, 0.5) is 11.4 Å². The molecule has 2 amide bonds. The highest BCUT2D eigenvalue weighted by Gasteiger charge is 2.25. The van der Waals surface area contributed by atoms with Gasteiger partial charge in [-0.3, -0.25) is 14.3 Å². The van der Waals surface area contributed by atoms with Gasteiger partial charge < -0.3 is 10.6 Å². The van der Waals surface area contributed by atoms with E-state index in [1.165, 1.54) is 12.1 Å². The molecular weight excluding hydrogens is 518 g/mol. The van der Waals surface area contributed by atoms with Gasteiger partial charge in [0.05, 0.1) is 4.90 Å². The molecule has 1 atom stereocenters. The first-order chi connectivity index (χ1) is 16.0. The zero-order chi connectivity index (χ0) is 24.9. The number of carbonyl (C=O) groups is 2. The Morgan fingerprint density at radius 3 is 2.15 bits per heavy atom. The Labute approximate surface area is 208 Å². The molecule has 0 bridgehead atoms. The van der Waals surface area contributed by atoms with Crippen molar-refractivity contribution in [2.45, 2.75) is 31.7 Å². The molecule has 0 saturated carbocycles. The SMILES string of the molecule is Cc1ccc(C(=O)N[C@@H](C(=O)Nc2cccc(S(=O)(=O)Nc3ccc(Br)cc3)c2)C(C)C)cc1. The largest absolute Gasteiger partial charge is 0.340 e. The summed E-state index contributed by atoms with van der Waals surface area (Å²) in [6, 6.07) is 18.9.